The lowest BCUT2D eigenvalue weighted by atomic mass is 9.97. The first-order chi connectivity index (χ1) is 25.3. The van der Waals surface area contributed by atoms with Crippen molar-refractivity contribution in [3.8, 4) is 0 Å². The first-order valence-electron chi connectivity index (χ1n) is 17.5. The van der Waals surface area contributed by atoms with Gasteiger partial charge in [-0.05, 0) is 59.2 Å². The predicted molar refractivity (Wildman–Crippen MR) is 201 cm³/mol. The highest BCUT2D eigenvalue weighted by Crippen LogP contribution is 2.25. The molecule has 4 aromatic rings. The van der Waals surface area contributed by atoms with Crippen molar-refractivity contribution in [2.45, 2.75) is 63.7 Å². The molecule has 0 spiro atoms. The fraction of sp³-hybridized carbons (Fsp3) is 0.359. The van der Waals surface area contributed by atoms with E-state index in [-0.39, 0.29) is 43.4 Å². The molecule has 1 aromatic heterocycles. The molecule has 0 saturated carbocycles. The number of aliphatic hydroxyl groups is 1. The topological polar surface area (TPSA) is 173 Å². The molecule has 0 radical (unpaired) electrons. The minimum atomic E-state index is -4.11. The Hall–Kier alpha value is -5.18. The van der Waals surface area contributed by atoms with E-state index in [2.05, 4.69) is 15.5 Å². The van der Waals surface area contributed by atoms with Gasteiger partial charge in [0, 0.05) is 24.7 Å². The van der Waals surface area contributed by atoms with Crippen LogP contribution >= 0.6 is 0 Å². The number of nitrogens with zero attached hydrogens (tertiary/aromatic N) is 5. The highest BCUT2D eigenvalue weighted by molar-refractivity contribution is 7.89. The lowest BCUT2D eigenvalue weighted by Crippen LogP contribution is -2.57. The highest BCUT2D eigenvalue weighted by Gasteiger charge is 2.44. The number of aliphatic hydroxyl groups excluding tert-OH is 1. The molecule has 53 heavy (non-hydrogen) atoms. The number of para-hydroxylation sites is 1. The number of fused-ring (bicyclic) bond motifs is 1. The van der Waals surface area contributed by atoms with E-state index in [1.165, 1.54) is 39.7 Å². The molecule has 14 heteroatoms. The number of nitrogens with one attached hydrogen (secondary N) is 1. The Morgan fingerprint density at radius 1 is 0.962 bits per heavy atom. The molecule has 13 nitrogen and oxygen atoms in total. The summed E-state index contributed by atoms with van der Waals surface area (Å²) < 4.78 is 29.0. The van der Waals surface area contributed by atoms with Crippen LogP contribution in [0.1, 0.15) is 44.4 Å². The molecular weight excluding hydrogens is 697 g/mol. The minimum Gasteiger partial charge on any atom is -0.411 e. The van der Waals surface area contributed by atoms with Crippen LogP contribution in [0.25, 0.3) is 10.9 Å². The zero-order valence-corrected chi connectivity index (χ0v) is 31.1. The van der Waals surface area contributed by atoms with E-state index in [4.69, 9.17) is 5.21 Å². The van der Waals surface area contributed by atoms with Gasteiger partial charge in [0.1, 0.15) is 12.6 Å². The summed E-state index contributed by atoms with van der Waals surface area (Å²) in [5.41, 5.74) is 2.76. The molecule has 3 aromatic carbocycles. The van der Waals surface area contributed by atoms with E-state index < -0.39 is 52.0 Å². The van der Waals surface area contributed by atoms with Gasteiger partial charge in [0.15, 0.2) is 0 Å². The Morgan fingerprint density at radius 2 is 1.64 bits per heavy atom. The van der Waals surface area contributed by atoms with Crippen molar-refractivity contribution >= 4 is 45.0 Å². The first-order valence-corrected chi connectivity index (χ1v) is 19.0. The van der Waals surface area contributed by atoms with Gasteiger partial charge in [-0.25, -0.2) is 13.2 Å². The normalized spacial score (nSPS) is 15.6. The number of aromatic nitrogens is 1. The number of pyridine rings is 1. The summed E-state index contributed by atoms with van der Waals surface area (Å²) in [4.78, 5) is 48.2. The molecule has 3 atom stereocenters. The number of imide groups is 1. The van der Waals surface area contributed by atoms with Gasteiger partial charge in [0.25, 0.3) is 5.91 Å². The van der Waals surface area contributed by atoms with Crippen LogP contribution < -0.4 is 5.32 Å². The number of sulfonamides is 1. The molecular formula is C39H46N6O7S. The zero-order chi connectivity index (χ0) is 38.3. The fourth-order valence-corrected chi connectivity index (χ4v) is 8.20. The molecule has 1 aliphatic rings. The number of rotatable bonds is 16. The summed E-state index contributed by atoms with van der Waals surface area (Å²) in [6.45, 7) is 6.74. The van der Waals surface area contributed by atoms with Crippen LogP contribution in [0.4, 0.5) is 4.79 Å². The number of hydrogen-bond donors (Lipinski definition) is 3. The van der Waals surface area contributed by atoms with Gasteiger partial charge in [-0.3, -0.25) is 19.5 Å². The van der Waals surface area contributed by atoms with Gasteiger partial charge in [0.05, 0.1) is 35.3 Å². The zero-order valence-electron chi connectivity index (χ0n) is 30.2. The van der Waals surface area contributed by atoms with Crippen molar-refractivity contribution in [3.63, 3.8) is 0 Å². The average molecular weight is 743 g/mol. The standard InChI is InChI=1S/C39H46N6O7S/c1-26(2)22-43(53(51,52)31-16-14-29(15-17-31)21-41-50)24-35(46)34(20-28-10-6-5-7-11-28)42-38(48)37(27(3)4)45-25-36(47)44(39(45)49)23-30-18-19-40-33-13-9-8-12-32(30)33/h5-19,21,26-27,34-35,37,46,50H,20,22-25H2,1-4H3,(H,42,48)/t34-,35+,37-/m0/s1. The summed E-state index contributed by atoms with van der Waals surface area (Å²) in [7, 11) is -4.11. The smallest absolute Gasteiger partial charge is 0.328 e. The Bertz CT molecular complexity index is 2040. The molecule has 1 aliphatic heterocycles. The van der Waals surface area contributed by atoms with Crippen LogP contribution in [0.5, 0.6) is 0 Å². The fourth-order valence-electron chi connectivity index (χ4n) is 6.58. The second-order valence-electron chi connectivity index (χ2n) is 14.0. The average Bonchev–Trinajstić information content (AvgIpc) is 3.39. The van der Waals surface area contributed by atoms with Crippen LogP contribution in [0.15, 0.2) is 101 Å². The summed E-state index contributed by atoms with van der Waals surface area (Å²) in [6.07, 6.45) is 1.60. The van der Waals surface area contributed by atoms with Crippen molar-refractivity contribution in [3.05, 3.63) is 108 Å². The number of oxime groups is 1. The van der Waals surface area contributed by atoms with Crippen molar-refractivity contribution in [2.24, 2.45) is 17.0 Å². The third-order valence-corrected chi connectivity index (χ3v) is 11.0. The Balaban J connectivity index is 1.39. The quantitative estimate of drug-likeness (QED) is 0.0661. The largest absolute Gasteiger partial charge is 0.411 e. The summed E-state index contributed by atoms with van der Waals surface area (Å²) >= 11 is 0. The predicted octanol–water partition coefficient (Wildman–Crippen LogP) is 4.27. The second kappa shape index (κ2) is 17.1. The van der Waals surface area contributed by atoms with Crippen molar-refractivity contribution in [2.75, 3.05) is 19.6 Å². The maximum absolute atomic E-state index is 14.2. The van der Waals surface area contributed by atoms with Gasteiger partial charge >= 0.3 is 6.03 Å². The SMILES string of the molecule is CC(C)CN(C[C@@H](O)[C@H](Cc1ccccc1)NC(=O)[C@H](C(C)C)N1CC(=O)N(Cc2ccnc3ccccc23)C1=O)S(=O)(=O)c1ccc(C=NO)cc1. The molecule has 0 bridgehead atoms. The molecule has 2 heterocycles. The Kier molecular flexibility index (Phi) is 12.6. The number of amides is 4. The van der Waals surface area contributed by atoms with Crippen molar-refractivity contribution in [1.29, 1.82) is 0 Å². The maximum atomic E-state index is 14.2. The Labute approximate surface area is 310 Å². The molecule has 4 amide bonds. The number of carbonyl (C=O) groups is 3. The van der Waals surface area contributed by atoms with Gasteiger partial charge in [-0.15, -0.1) is 0 Å². The van der Waals surface area contributed by atoms with Gasteiger partial charge in [0.2, 0.25) is 15.9 Å². The van der Waals surface area contributed by atoms with Crippen molar-refractivity contribution < 1.29 is 33.1 Å². The highest BCUT2D eigenvalue weighted by atomic mass is 32.2. The van der Waals surface area contributed by atoms with E-state index in [0.29, 0.717) is 5.56 Å². The van der Waals surface area contributed by atoms with E-state index in [1.54, 1.807) is 26.1 Å². The molecule has 0 unspecified atom stereocenters. The van der Waals surface area contributed by atoms with E-state index in [1.807, 2.05) is 68.4 Å². The van der Waals surface area contributed by atoms with Crippen LogP contribution in [-0.4, -0.2) is 99.7 Å². The number of benzene rings is 3. The minimum absolute atomic E-state index is 0.00881. The van der Waals surface area contributed by atoms with Crippen molar-refractivity contribution in [1.82, 2.24) is 24.4 Å². The molecule has 3 N–H and O–H groups in total. The molecule has 1 fully saturated rings. The third kappa shape index (κ3) is 9.25. The number of hydrogen-bond acceptors (Lipinski definition) is 9. The van der Waals surface area contributed by atoms with Crippen LogP contribution in [0, 0.1) is 11.8 Å². The van der Waals surface area contributed by atoms with Gasteiger partial charge in [-0.2, -0.15) is 4.31 Å². The van der Waals surface area contributed by atoms with Crippen LogP contribution in [0.3, 0.4) is 0 Å². The second-order valence-corrected chi connectivity index (χ2v) is 15.9. The van der Waals surface area contributed by atoms with Gasteiger partial charge in [-0.1, -0.05) is 93.5 Å². The van der Waals surface area contributed by atoms with E-state index in [9.17, 15) is 27.9 Å². The molecule has 280 valence electrons. The Morgan fingerprint density at radius 3 is 2.30 bits per heavy atom. The first kappa shape index (κ1) is 39.0. The molecule has 5 rings (SSSR count). The number of carbonyl (C=O) groups excluding carboxylic acids is 3. The van der Waals surface area contributed by atoms with Crippen LogP contribution in [-0.2, 0) is 32.6 Å². The third-order valence-electron chi connectivity index (χ3n) is 9.16. The number of urea groups is 1. The van der Waals surface area contributed by atoms with E-state index in [0.717, 1.165) is 26.9 Å². The van der Waals surface area contributed by atoms with E-state index >= 15 is 0 Å². The lowest BCUT2D eigenvalue weighted by molar-refractivity contribution is -0.129. The van der Waals surface area contributed by atoms with Gasteiger partial charge < -0.3 is 20.5 Å². The monoisotopic (exact) mass is 742 g/mol. The summed E-state index contributed by atoms with van der Waals surface area (Å²) in [6, 6.07) is 21.6. The molecule has 0 aliphatic carbocycles. The van der Waals surface area contributed by atoms with Crippen LogP contribution in [0.2, 0.25) is 0 Å². The summed E-state index contributed by atoms with van der Waals surface area (Å²) in [5, 5.41) is 27.4. The maximum Gasteiger partial charge on any atom is 0.328 e. The molecule has 1 saturated heterocycles. The lowest BCUT2D eigenvalue weighted by Gasteiger charge is -2.34. The summed E-state index contributed by atoms with van der Waals surface area (Å²) in [5.74, 6) is -1.53.